The van der Waals surface area contributed by atoms with Gasteiger partial charge in [0.05, 0.1) is 0 Å². The summed E-state index contributed by atoms with van der Waals surface area (Å²) >= 11 is 0. The Morgan fingerprint density at radius 2 is 0.506 bits per heavy atom. The van der Waals surface area contributed by atoms with E-state index in [-0.39, 0.29) is 31.1 Å². The summed E-state index contributed by atoms with van der Waals surface area (Å²) in [7, 11) is 0. The molecule has 0 rings (SSSR count). The summed E-state index contributed by atoms with van der Waals surface area (Å²) in [5.74, 6) is -0.874. The first kappa shape index (κ1) is 73.6. The third-order valence-corrected chi connectivity index (χ3v) is 14.4. The molecular formula is C71H124O6. The monoisotopic (exact) mass is 1070 g/mol. The van der Waals surface area contributed by atoms with Crippen molar-refractivity contribution in [3.63, 3.8) is 0 Å². The Hall–Kier alpha value is -3.41. The molecule has 0 aliphatic rings. The lowest BCUT2D eigenvalue weighted by atomic mass is 10.0. The zero-order valence-electron chi connectivity index (χ0n) is 51.0. The quantitative estimate of drug-likeness (QED) is 0.0261. The summed E-state index contributed by atoms with van der Waals surface area (Å²) in [6.45, 7) is 6.54. The molecule has 0 aromatic rings. The van der Waals surface area contributed by atoms with Gasteiger partial charge in [0.1, 0.15) is 13.2 Å². The molecule has 0 saturated carbocycles. The SMILES string of the molecule is CC/C=C\C/C=C\C/C=C\C/C=C\CCCCCCCCCCCCC(=O)OCC(COC(=O)CCCCCCCCCCCCCCC)OC(=O)CCCCCCCCCC/C=C\C/C=C\C/C=C\CCCCCCC. The van der Waals surface area contributed by atoms with Crippen molar-refractivity contribution in [2.45, 2.75) is 335 Å². The van der Waals surface area contributed by atoms with Crippen LogP contribution in [0.1, 0.15) is 329 Å². The Morgan fingerprint density at radius 3 is 0.792 bits per heavy atom. The summed E-state index contributed by atoms with van der Waals surface area (Å²) in [4.78, 5) is 38.4. The van der Waals surface area contributed by atoms with Crippen LogP contribution in [0.4, 0.5) is 0 Å². The molecule has 0 aliphatic heterocycles. The van der Waals surface area contributed by atoms with Crippen molar-refractivity contribution in [1.29, 1.82) is 0 Å². The van der Waals surface area contributed by atoms with E-state index in [1.807, 2.05) is 0 Å². The fraction of sp³-hybridized carbons (Fsp3) is 0.761. The van der Waals surface area contributed by atoms with Gasteiger partial charge in [-0.2, -0.15) is 0 Å². The maximum absolute atomic E-state index is 12.9. The molecule has 0 spiro atoms. The number of ether oxygens (including phenoxy) is 3. The van der Waals surface area contributed by atoms with Gasteiger partial charge in [0.15, 0.2) is 6.10 Å². The Morgan fingerprint density at radius 1 is 0.273 bits per heavy atom. The van der Waals surface area contributed by atoms with Crippen LogP contribution in [0.15, 0.2) is 85.1 Å². The highest BCUT2D eigenvalue weighted by molar-refractivity contribution is 5.71. The van der Waals surface area contributed by atoms with Crippen LogP contribution in [-0.2, 0) is 28.6 Å². The average molecular weight is 1070 g/mol. The van der Waals surface area contributed by atoms with E-state index in [9.17, 15) is 14.4 Å². The van der Waals surface area contributed by atoms with Crippen molar-refractivity contribution >= 4 is 17.9 Å². The molecule has 0 aromatic heterocycles. The number of esters is 3. The summed E-state index contributed by atoms with van der Waals surface area (Å²) in [6.07, 6.45) is 85.9. The highest BCUT2D eigenvalue weighted by atomic mass is 16.6. The smallest absolute Gasteiger partial charge is 0.306 e. The topological polar surface area (TPSA) is 78.9 Å². The van der Waals surface area contributed by atoms with Crippen LogP contribution in [0.3, 0.4) is 0 Å². The fourth-order valence-corrected chi connectivity index (χ4v) is 9.44. The van der Waals surface area contributed by atoms with Crippen LogP contribution in [0.2, 0.25) is 0 Å². The molecule has 0 heterocycles. The maximum atomic E-state index is 12.9. The van der Waals surface area contributed by atoms with Gasteiger partial charge in [-0.15, -0.1) is 0 Å². The summed E-state index contributed by atoms with van der Waals surface area (Å²) in [6, 6.07) is 0. The molecule has 0 radical (unpaired) electrons. The van der Waals surface area contributed by atoms with E-state index >= 15 is 0 Å². The lowest BCUT2D eigenvalue weighted by Gasteiger charge is -2.18. The lowest BCUT2D eigenvalue weighted by molar-refractivity contribution is -0.167. The first-order valence-electron chi connectivity index (χ1n) is 33.1. The molecule has 77 heavy (non-hydrogen) atoms. The number of hydrogen-bond donors (Lipinski definition) is 0. The Bertz CT molecular complexity index is 1470. The van der Waals surface area contributed by atoms with Crippen LogP contribution >= 0.6 is 0 Å². The molecule has 0 aliphatic carbocycles. The molecule has 1 atom stereocenters. The van der Waals surface area contributed by atoms with E-state index in [2.05, 4.69) is 106 Å². The van der Waals surface area contributed by atoms with Gasteiger partial charge in [-0.25, -0.2) is 0 Å². The van der Waals surface area contributed by atoms with E-state index in [0.717, 1.165) is 103 Å². The predicted molar refractivity (Wildman–Crippen MR) is 334 cm³/mol. The second-order valence-corrected chi connectivity index (χ2v) is 22.0. The highest BCUT2D eigenvalue weighted by Gasteiger charge is 2.19. The van der Waals surface area contributed by atoms with Gasteiger partial charge in [0.2, 0.25) is 0 Å². The molecule has 6 nitrogen and oxygen atoms in total. The molecule has 0 saturated heterocycles. The minimum atomic E-state index is -0.782. The molecule has 6 heteroatoms. The second-order valence-electron chi connectivity index (χ2n) is 22.0. The third-order valence-electron chi connectivity index (χ3n) is 14.4. The Kier molecular flexibility index (Phi) is 62.2. The minimum Gasteiger partial charge on any atom is -0.462 e. The zero-order valence-corrected chi connectivity index (χ0v) is 51.0. The molecule has 0 fully saturated rings. The highest BCUT2D eigenvalue weighted by Crippen LogP contribution is 2.17. The third kappa shape index (κ3) is 63.3. The van der Waals surface area contributed by atoms with Crippen molar-refractivity contribution < 1.29 is 28.6 Å². The van der Waals surface area contributed by atoms with Crippen LogP contribution in [0.25, 0.3) is 0 Å². The van der Waals surface area contributed by atoms with Crippen LogP contribution < -0.4 is 0 Å². The van der Waals surface area contributed by atoms with Gasteiger partial charge in [-0.1, -0.05) is 298 Å². The molecule has 0 bridgehead atoms. The van der Waals surface area contributed by atoms with Gasteiger partial charge in [0.25, 0.3) is 0 Å². The lowest BCUT2D eigenvalue weighted by Crippen LogP contribution is -2.30. The molecule has 0 aromatic carbocycles. The number of carbonyl (C=O) groups is 3. The molecule has 444 valence electrons. The summed E-state index contributed by atoms with van der Waals surface area (Å²) < 4.78 is 17.0. The fourth-order valence-electron chi connectivity index (χ4n) is 9.44. The van der Waals surface area contributed by atoms with E-state index in [1.165, 1.54) is 186 Å². The summed E-state index contributed by atoms with van der Waals surface area (Å²) in [5.41, 5.74) is 0. The molecular weight excluding hydrogens is 949 g/mol. The minimum absolute atomic E-state index is 0.0777. The standard InChI is InChI=1S/C71H124O6/c1-4-7-10-13-16-19-22-25-27-29-31-33-35-37-39-41-43-46-49-52-55-58-61-64-70(73)76-67-68(66-75-69(72)63-60-57-54-51-48-45-24-21-18-15-12-9-6-3)77-71(74)65-62-59-56-53-50-47-44-42-40-38-36-34-32-30-28-26-23-20-17-14-11-8-5-2/h7,10,16,19,23,25-27,30-33,36,38,68H,4-6,8-9,11-15,17-18,20-22,24,28-29,34-35,37,39-67H2,1-3H3/b10-7-,19-16-,26-23-,27-25-,32-30-,33-31-,38-36-. The Labute approximate surface area is 477 Å². The average Bonchev–Trinajstić information content (AvgIpc) is 3.43. The Balaban J connectivity index is 4.34. The van der Waals surface area contributed by atoms with Crippen molar-refractivity contribution in [1.82, 2.24) is 0 Å². The predicted octanol–water partition coefficient (Wildman–Crippen LogP) is 22.7. The number of hydrogen-bond acceptors (Lipinski definition) is 6. The van der Waals surface area contributed by atoms with Crippen LogP contribution in [0.5, 0.6) is 0 Å². The van der Waals surface area contributed by atoms with Crippen molar-refractivity contribution in [3.05, 3.63) is 85.1 Å². The van der Waals surface area contributed by atoms with Gasteiger partial charge in [0, 0.05) is 19.3 Å². The summed E-state index contributed by atoms with van der Waals surface area (Å²) in [5, 5.41) is 0. The van der Waals surface area contributed by atoms with Gasteiger partial charge < -0.3 is 14.2 Å². The number of carbonyl (C=O) groups excluding carboxylic acids is 3. The number of unbranched alkanes of at least 4 members (excludes halogenated alkanes) is 35. The number of allylic oxidation sites excluding steroid dienone is 14. The van der Waals surface area contributed by atoms with Crippen molar-refractivity contribution in [2.24, 2.45) is 0 Å². The largest absolute Gasteiger partial charge is 0.462 e. The first-order chi connectivity index (χ1) is 38.0. The zero-order chi connectivity index (χ0) is 55.7. The normalized spacial score (nSPS) is 12.6. The first-order valence-corrected chi connectivity index (χ1v) is 33.1. The molecule has 0 N–H and O–H groups in total. The van der Waals surface area contributed by atoms with Gasteiger partial charge in [-0.05, 0) is 96.3 Å². The van der Waals surface area contributed by atoms with E-state index in [4.69, 9.17) is 14.2 Å². The van der Waals surface area contributed by atoms with Crippen LogP contribution in [-0.4, -0.2) is 37.2 Å². The number of rotatable bonds is 60. The van der Waals surface area contributed by atoms with Crippen LogP contribution in [0, 0.1) is 0 Å². The van der Waals surface area contributed by atoms with E-state index in [1.54, 1.807) is 0 Å². The maximum Gasteiger partial charge on any atom is 0.306 e. The second kappa shape index (κ2) is 65.1. The van der Waals surface area contributed by atoms with Gasteiger partial charge in [-0.3, -0.25) is 14.4 Å². The molecule has 1 unspecified atom stereocenters. The van der Waals surface area contributed by atoms with E-state index in [0.29, 0.717) is 19.3 Å². The van der Waals surface area contributed by atoms with E-state index < -0.39 is 6.10 Å². The van der Waals surface area contributed by atoms with Gasteiger partial charge >= 0.3 is 17.9 Å². The molecule has 0 amide bonds. The van der Waals surface area contributed by atoms with Crippen molar-refractivity contribution in [2.75, 3.05) is 13.2 Å². The van der Waals surface area contributed by atoms with Crippen molar-refractivity contribution in [3.8, 4) is 0 Å².